The fraction of sp³-hybridized carbons (Fsp3) is 0.846. The van der Waals surface area contributed by atoms with E-state index in [9.17, 15) is 9.59 Å². The zero-order valence-electron chi connectivity index (χ0n) is 11.1. The monoisotopic (exact) mass is 256 g/mol. The molecule has 0 aromatic carbocycles. The number of carboxylic acid groups (broad SMARTS) is 1. The molecule has 1 aliphatic rings. The van der Waals surface area contributed by atoms with Gasteiger partial charge < -0.3 is 15.7 Å². The van der Waals surface area contributed by atoms with Crippen LogP contribution in [0.1, 0.15) is 51.9 Å². The molecule has 0 radical (unpaired) electrons. The fourth-order valence-electron chi connectivity index (χ4n) is 2.40. The summed E-state index contributed by atoms with van der Waals surface area (Å²) < 4.78 is 0. The molecule has 5 nitrogen and oxygen atoms in total. The summed E-state index contributed by atoms with van der Waals surface area (Å²) in [5, 5.41) is 13.9. The highest BCUT2D eigenvalue weighted by molar-refractivity contribution is 5.74. The van der Waals surface area contributed by atoms with Gasteiger partial charge in [-0.3, -0.25) is 4.79 Å². The van der Waals surface area contributed by atoms with Gasteiger partial charge in [-0.15, -0.1) is 0 Å². The fourth-order valence-corrected chi connectivity index (χ4v) is 2.40. The second-order valence-electron chi connectivity index (χ2n) is 5.48. The van der Waals surface area contributed by atoms with Gasteiger partial charge in [-0.2, -0.15) is 0 Å². The van der Waals surface area contributed by atoms with Crippen LogP contribution in [0.3, 0.4) is 0 Å². The van der Waals surface area contributed by atoms with E-state index >= 15 is 0 Å². The third-order valence-electron chi connectivity index (χ3n) is 3.61. The van der Waals surface area contributed by atoms with Crippen LogP contribution in [0, 0.1) is 5.41 Å². The topological polar surface area (TPSA) is 78.4 Å². The number of carboxylic acids is 1. The summed E-state index contributed by atoms with van der Waals surface area (Å²) in [7, 11) is 0. The van der Waals surface area contributed by atoms with Crippen LogP contribution in [0.4, 0.5) is 4.79 Å². The Balaban J connectivity index is 2.21. The SMILES string of the molecule is CC1(CNC(=O)NCCC(=O)O)CCCCCC1. The first-order valence-electron chi connectivity index (χ1n) is 6.75. The molecule has 1 rings (SSSR count). The Hall–Kier alpha value is -1.26. The van der Waals surface area contributed by atoms with Crippen molar-refractivity contribution in [1.82, 2.24) is 10.6 Å². The van der Waals surface area contributed by atoms with Crippen molar-refractivity contribution >= 4 is 12.0 Å². The smallest absolute Gasteiger partial charge is 0.314 e. The van der Waals surface area contributed by atoms with Crippen molar-refractivity contribution < 1.29 is 14.7 Å². The zero-order valence-corrected chi connectivity index (χ0v) is 11.1. The van der Waals surface area contributed by atoms with Crippen LogP contribution < -0.4 is 10.6 Å². The van der Waals surface area contributed by atoms with E-state index in [4.69, 9.17) is 5.11 Å². The van der Waals surface area contributed by atoms with Crippen molar-refractivity contribution in [2.24, 2.45) is 5.41 Å². The average molecular weight is 256 g/mol. The Bertz CT molecular complexity index is 284. The molecule has 1 saturated carbocycles. The van der Waals surface area contributed by atoms with Gasteiger partial charge in [-0.25, -0.2) is 4.79 Å². The van der Waals surface area contributed by atoms with Gasteiger partial charge in [0.25, 0.3) is 0 Å². The van der Waals surface area contributed by atoms with E-state index in [2.05, 4.69) is 17.6 Å². The van der Waals surface area contributed by atoms with E-state index in [0.717, 1.165) is 12.8 Å². The maximum atomic E-state index is 11.5. The third kappa shape index (κ3) is 5.89. The number of hydrogen-bond acceptors (Lipinski definition) is 2. The highest BCUT2D eigenvalue weighted by Gasteiger charge is 2.25. The molecule has 0 unspecified atom stereocenters. The maximum Gasteiger partial charge on any atom is 0.314 e. The normalized spacial score (nSPS) is 18.7. The van der Waals surface area contributed by atoms with Crippen LogP contribution in [-0.4, -0.2) is 30.2 Å². The van der Waals surface area contributed by atoms with E-state index in [0.29, 0.717) is 6.54 Å². The highest BCUT2D eigenvalue weighted by atomic mass is 16.4. The highest BCUT2D eigenvalue weighted by Crippen LogP contribution is 2.33. The molecule has 104 valence electrons. The Morgan fingerprint density at radius 1 is 1.11 bits per heavy atom. The molecule has 0 aliphatic heterocycles. The Kier molecular flexibility index (Phi) is 5.95. The number of nitrogens with one attached hydrogen (secondary N) is 2. The van der Waals surface area contributed by atoms with Gasteiger partial charge in [0, 0.05) is 13.1 Å². The van der Waals surface area contributed by atoms with Gasteiger partial charge >= 0.3 is 12.0 Å². The molecule has 18 heavy (non-hydrogen) atoms. The molecule has 0 bridgehead atoms. The molecule has 2 amide bonds. The average Bonchev–Trinajstić information content (AvgIpc) is 2.52. The third-order valence-corrected chi connectivity index (χ3v) is 3.61. The number of amides is 2. The number of aliphatic carboxylic acids is 1. The quantitative estimate of drug-likeness (QED) is 0.659. The van der Waals surface area contributed by atoms with Crippen molar-refractivity contribution in [2.75, 3.05) is 13.1 Å². The lowest BCUT2D eigenvalue weighted by atomic mass is 9.82. The molecule has 5 heteroatoms. The lowest BCUT2D eigenvalue weighted by molar-refractivity contribution is -0.136. The molecule has 1 fully saturated rings. The standard InChI is InChI=1S/C13H24N2O3/c1-13(7-4-2-3-5-8-13)10-15-12(18)14-9-6-11(16)17/h2-10H2,1H3,(H,16,17)(H2,14,15,18). The van der Waals surface area contributed by atoms with Crippen LogP contribution in [0.15, 0.2) is 0 Å². The molecule has 0 aromatic heterocycles. The van der Waals surface area contributed by atoms with Crippen LogP contribution in [0.5, 0.6) is 0 Å². The number of rotatable bonds is 5. The van der Waals surface area contributed by atoms with Crippen LogP contribution >= 0.6 is 0 Å². The molecule has 0 saturated heterocycles. The van der Waals surface area contributed by atoms with Gasteiger partial charge in [-0.1, -0.05) is 32.6 Å². The first-order valence-corrected chi connectivity index (χ1v) is 6.75. The minimum atomic E-state index is -0.897. The summed E-state index contributed by atoms with van der Waals surface area (Å²) in [6, 6.07) is -0.262. The molecular formula is C13H24N2O3. The number of carbonyl (C=O) groups excluding carboxylic acids is 1. The van der Waals surface area contributed by atoms with Crippen LogP contribution in [-0.2, 0) is 4.79 Å². The molecule has 0 atom stereocenters. The summed E-state index contributed by atoms with van der Waals surface area (Å²) in [6.45, 7) is 3.07. The van der Waals surface area contributed by atoms with E-state index in [1.165, 1.54) is 25.7 Å². The van der Waals surface area contributed by atoms with Crippen LogP contribution in [0.2, 0.25) is 0 Å². The Labute approximate surface area is 108 Å². The van der Waals surface area contributed by atoms with Crippen molar-refractivity contribution in [2.45, 2.75) is 51.9 Å². The maximum absolute atomic E-state index is 11.5. The lowest BCUT2D eigenvalue weighted by Crippen LogP contribution is -2.42. The predicted molar refractivity (Wildman–Crippen MR) is 69.5 cm³/mol. The number of urea groups is 1. The number of hydrogen-bond donors (Lipinski definition) is 3. The van der Waals surface area contributed by atoms with Gasteiger partial charge in [0.1, 0.15) is 0 Å². The molecule has 0 aromatic rings. The van der Waals surface area contributed by atoms with E-state index in [1.54, 1.807) is 0 Å². The molecule has 0 heterocycles. The van der Waals surface area contributed by atoms with Crippen molar-refractivity contribution in [1.29, 1.82) is 0 Å². The van der Waals surface area contributed by atoms with E-state index in [1.807, 2.05) is 0 Å². The summed E-state index contributed by atoms with van der Waals surface area (Å²) >= 11 is 0. The molecule has 3 N–H and O–H groups in total. The Morgan fingerprint density at radius 2 is 1.72 bits per heavy atom. The summed E-state index contributed by atoms with van der Waals surface area (Å²) in [6.07, 6.45) is 7.33. The van der Waals surface area contributed by atoms with Crippen LogP contribution in [0.25, 0.3) is 0 Å². The van der Waals surface area contributed by atoms with Gasteiger partial charge in [-0.05, 0) is 18.3 Å². The number of carbonyl (C=O) groups is 2. The summed E-state index contributed by atoms with van der Waals surface area (Å²) in [4.78, 5) is 21.8. The Morgan fingerprint density at radius 3 is 2.28 bits per heavy atom. The minimum Gasteiger partial charge on any atom is -0.481 e. The molecule has 1 aliphatic carbocycles. The second kappa shape index (κ2) is 7.24. The van der Waals surface area contributed by atoms with Gasteiger partial charge in [0.05, 0.1) is 6.42 Å². The second-order valence-corrected chi connectivity index (χ2v) is 5.48. The molecular weight excluding hydrogens is 232 g/mol. The van der Waals surface area contributed by atoms with E-state index in [-0.39, 0.29) is 24.4 Å². The van der Waals surface area contributed by atoms with Crippen molar-refractivity contribution in [3.05, 3.63) is 0 Å². The largest absolute Gasteiger partial charge is 0.481 e. The van der Waals surface area contributed by atoms with E-state index < -0.39 is 5.97 Å². The van der Waals surface area contributed by atoms with Crippen molar-refractivity contribution in [3.63, 3.8) is 0 Å². The first kappa shape index (κ1) is 14.8. The van der Waals surface area contributed by atoms with Gasteiger partial charge in [0.15, 0.2) is 0 Å². The minimum absolute atomic E-state index is 0.0370. The van der Waals surface area contributed by atoms with Gasteiger partial charge in [0.2, 0.25) is 0 Å². The molecule has 0 spiro atoms. The summed E-state index contributed by atoms with van der Waals surface area (Å²) in [5.74, 6) is -0.897. The predicted octanol–water partition coefficient (Wildman–Crippen LogP) is 2.12. The first-order chi connectivity index (χ1) is 8.52. The lowest BCUT2D eigenvalue weighted by Gasteiger charge is -2.28. The van der Waals surface area contributed by atoms with Crippen molar-refractivity contribution in [3.8, 4) is 0 Å². The zero-order chi connectivity index (χ0) is 13.4. The summed E-state index contributed by atoms with van der Waals surface area (Å²) in [5.41, 5.74) is 0.195.